The summed E-state index contributed by atoms with van der Waals surface area (Å²) in [6, 6.07) is 0. The smallest absolute Gasteiger partial charge is 0.146 e. The van der Waals surface area contributed by atoms with Crippen LogP contribution in [0.5, 0.6) is 0 Å². The van der Waals surface area contributed by atoms with Gasteiger partial charge in [0.15, 0.2) is 0 Å². The summed E-state index contributed by atoms with van der Waals surface area (Å²) in [5, 5.41) is 0. The third kappa shape index (κ3) is 0.907. The number of nitrogens with two attached hydrogens (primary N) is 1. The predicted octanol–water partition coefficient (Wildman–Crippen LogP) is -0.131. The Morgan fingerprint density at radius 2 is 2.43 bits per heavy atom. The van der Waals surface area contributed by atoms with Gasteiger partial charge in [0.25, 0.3) is 0 Å². The summed E-state index contributed by atoms with van der Waals surface area (Å²) in [5.74, 6) is 0.347. The minimum Gasteiger partial charge on any atom is -0.303 e. The van der Waals surface area contributed by atoms with Crippen molar-refractivity contribution in [2.45, 2.75) is 13.2 Å². The van der Waals surface area contributed by atoms with Crippen molar-refractivity contribution < 1.29 is 9.78 Å². The van der Waals surface area contributed by atoms with Crippen LogP contribution in [0.1, 0.15) is 6.92 Å². The fraction of sp³-hybridized carbons (Fsp3) is 1.00. The fourth-order valence-corrected chi connectivity index (χ4v) is 0.415. The van der Waals surface area contributed by atoms with Crippen LogP contribution in [-0.4, -0.2) is 12.8 Å². The Kier molecular flexibility index (Phi) is 1.27. The number of hydrogen-bond acceptors (Lipinski definition) is 3. The van der Waals surface area contributed by atoms with Gasteiger partial charge in [-0.05, 0) is 0 Å². The van der Waals surface area contributed by atoms with Gasteiger partial charge in [-0.1, -0.05) is 6.92 Å². The quantitative estimate of drug-likeness (QED) is 0.434. The Morgan fingerprint density at radius 1 is 1.71 bits per heavy atom. The highest BCUT2D eigenvalue weighted by Gasteiger charge is 2.21. The second-order valence-corrected chi connectivity index (χ2v) is 1.82. The monoisotopic (exact) mass is 103 g/mol. The highest BCUT2D eigenvalue weighted by Crippen LogP contribution is 2.10. The SMILES string of the molecule is CC1COOC1N. The molecule has 2 N–H and O–H groups in total. The highest BCUT2D eigenvalue weighted by molar-refractivity contribution is 4.59. The molecule has 42 valence electrons. The van der Waals surface area contributed by atoms with E-state index in [9.17, 15) is 0 Å². The lowest BCUT2D eigenvalue weighted by Gasteiger charge is -2.00. The van der Waals surface area contributed by atoms with Crippen molar-refractivity contribution in [3.8, 4) is 0 Å². The summed E-state index contributed by atoms with van der Waals surface area (Å²) in [6.45, 7) is 2.61. The molecule has 0 aliphatic carbocycles. The largest absolute Gasteiger partial charge is 0.303 e. The maximum atomic E-state index is 5.33. The summed E-state index contributed by atoms with van der Waals surface area (Å²) in [7, 11) is 0. The lowest BCUT2D eigenvalue weighted by molar-refractivity contribution is -0.273. The summed E-state index contributed by atoms with van der Waals surface area (Å²) in [5.41, 5.74) is 5.33. The number of hydrogen-bond donors (Lipinski definition) is 1. The van der Waals surface area contributed by atoms with E-state index in [0.29, 0.717) is 12.5 Å². The van der Waals surface area contributed by atoms with E-state index in [1.807, 2.05) is 6.92 Å². The molecular weight excluding hydrogens is 94.0 g/mol. The Labute approximate surface area is 42.3 Å². The molecule has 0 radical (unpaired) electrons. The molecule has 0 saturated carbocycles. The molecule has 7 heavy (non-hydrogen) atoms. The first-order chi connectivity index (χ1) is 3.30. The average molecular weight is 103 g/mol. The van der Waals surface area contributed by atoms with Gasteiger partial charge in [0.1, 0.15) is 6.23 Å². The molecule has 0 spiro atoms. The van der Waals surface area contributed by atoms with E-state index in [-0.39, 0.29) is 6.23 Å². The van der Waals surface area contributed by atoms with E-state index >= 15 is 0 Å². The maximum absolute atomic E-state index is 5.33. The van der Waals surface area contributed by atoms with Crippen LogP contribution in [0.25, 0.3) is 0 Å². The van der Waals surface area contributed by atoms with E-state index in [1.54, 1.807) is 0 Å². The fourth-order valence-electron chi connectivity index (χ4n) is 0.415. The molecule has 1 aliphatic heterocycles. The van der Waals surface area contributed by atoms with Crippen LogP contribution in [0, 0.1) is 5.92 Å². The van der Waals surface area contributed by atoms with Crippen molar-refractivity contribution >= 4 is 0 Å². The van der Waals surface area contributed by atoms with Crippen molar-refractivity contribution in [2.24, 2.45) is 11.7 Å². The first-order valence-corrected chi connectivity index (χ1v) is 2.34. The van der Waals surface area contributed by atoms with Gasteiger partial charge < -0.3 is 5.73 Å². The standard InChI is InChI=1S/C4H9NO2/c1-3-2-6-7-4(3)5/h3-4H,2,5H2,1H3. The van der Waals surface area contributed by atoms with Crippen LogP contribution >= 0.6 is 0 Å². The van der Waals surface area contributed by atoms with Gasteiger partial charge in [-0.25, -0.2) is 9.78 Å². The van der Waals surface area contributed by atoms with Crippen LogP contribution in [0.4, 0.5) is 0 Å². The second kappa shape index (κ2) is 1.78. The average Bonchev–Trinajstić information content (AvgIpc) is 1.91. The Hall–Kier alpha value is -0.120. The molecule has 0 amide bonds. The molecule has 1 fully saturated rings. The van der Waals surface area contributed by atoms with Crippen molar-refractivity contribution in [3.63, 3.8) is 0 Å². The number of rotatable bonds is 0. The van der Waals surface area contributed by atoms with Crippen LogP contribution in [0.15, 0.2) is 0 Å². The van der Waals surface area contributed by atoms with Gasteiger partial charge in [0.2, 0.25) is 0 Å². The minimum atomic E-state index is -0.208. The molecule has 0 aromatic carbocycles. The van der Waals surface area contributed by atoms with Gasteiger partial charge in [-0.15, -0.1) is 0 Å². The molecule has 2 unspecified atom stereocenters. The third-order valence-electron chi connectivity index (χ3n) is 1.07. The van der Waals surface area contributed by atoms with Crippen LogP contribution < -0.4 is 5.73 Å². The summed E-state index contributed by atoms with van der Waals surface area (Å²) in [4.78, 5) is 9.09. The van der Waals surface area contributed by atoms with Gasteiger partial charge >= 0.3 is 0 Å². The Bertz CT molecular complexity index is 58.7. The van der Waals surface area contributed by atoms with Crippen molar-refractivity contribution in [2.75, 3.05) is 6.61 Å². The van der Waals surface area contributed by atoms with Crippen LogP contribution in [0.3, 0.4) is 0 Å². The molecule has 1 rings (SSSR count). The Balaban J connectivity index is 2.33. The molecule has 1 heterocycles. The van der Waals surface area contributed by atoms with Crippen molar-refractivity contribution in [1.29, 1.82) is 0 Å². The zero-order valence-electron chi connectivity index (χ0n) is 4.26. The Morgan fingerprint density at radius 3 is 2.57 bits per heavy atom. The molecule has 0 aromatic heterocycles. The zero-order valence-corrected chi connectivity index (χ0v) is 4.26. The summed E-state index contributed by atoms with van der Waals surface area (Å²) in [6.07, 6.45) is -0.208. The first-order valence-electron chi connectivity index (χ1n) is 2.34. The van der Waals surface area contributed by atoms with Gasteiger partial charge in [-0.3, -0.25) is 0 Å². The molecule has 3 nitrogen and oxygen atoms in total. The van der Waals surface area contributed by atoms with Crippen molar-refractivity contribution in [3.05, 3.63) is 0 Å². The zero-order chi connectivity index (χ0) is 5.28. The van der Waals surface area contributed by atoms with Crippen LogP contribution in [0.2, 0.25) is 0 Å². The normalized spacial score (nSPS) is 42.0. The van der Waals surface area contributed by atoms with Gasteiger partial charge in [0.05, 0.1) is 6.61 Å². The molecular formula is C4H9NO2. The topological polar surface area (TPSA) is 44.5 Å². The first kappa shape index (κ1) is 5.03. The van der Waals surface area contributed by atoms with E-state index < -0.39 is 0 Å². The minimum absolute atomic E-state index is 0.208. The summed E-state index contributed by atoms with van der Waals surface area (Å²) >= 11 is 0. The molecule has 0 bridgehead atoms. The summed E-state index contributed by atoms with van der Waals surface area (Å²) < 4.78 is 0. The van der Waals surface area contributed by atoms with E-state index in [0.717, 1.165) is 0 Å². The second-order valence-electron chi connectivity index (χ2n) is 1.82. The predicted molar refractivity (Wildman–Crippen MR) is 24.2 cm³/mol. The van der Waals surface area contributed by atoms with Crippen LogP contribution in [-0.2, 0) is 9.78 Å². The third-order valence-corrected chi connectivity index (χ3v) is 1.07. The van der Waals surface area contributed by atoms with Crippen molar-refractivity contribution in [1.82, 2.24) is 0 Å². The van der Waals surface area contributed by atoms with Gasteiger partial charge in [-0.2, -0.15) is 0 Å². The molecule has 2 atom stereocenters. The van der Waals surface area contributed by atoms with Gasteiger partial charge in [0, 0.05) is 5.92 Å². The lowest BCUT2D eigenvalue weighted by Crippen LogP contribution is -2.24. The molecule has 1 aliphatic rings. The van der Waals surface area contributed by atoms with E-state index in [2.05, 4.69) is 9.78 Å². The van der Waals surface area contributed by atoms with E-state index in [1.165, 1.54) is 0 Å². The molecule has 1 saturated heterocycles. The maximum Gasteiger partial charge on any atom is 0.146 e. The lowest BCUT2D eigenvalue weighted by atomic mass is 10.2. The highest BCUT2D eigenvalue weighted by atomic mass is 17.2. The molecule has 0 aromatic rings. The molecule has 3 heteroatoms. The van der Waals surface area contributed by atoms with E-state index in [4.69, 9.17) is 5.73 Å².